The van der Waals surface area contributed by atoms with Crippen molar-refractivity contribution in [1.29, 1.82) is 0 Å². The average Bonchev–Trinajstić information content (AvgIpc) is 2.63. The molecule has 0 aliphatic rings. The molecule has 3 rings (SSSR count). The number of nitrogens with zero attached hydrogens (tertiary/aromatic N) is 2. The number of halogens is 1. The number of hydrogen-bond donors (Lipinski definition) is 1. The maximum Gasteiger partial charge on any atom is 0.255 e. The van der Waals surface area contributed by atoms with Crippen LogP contribution in [0.25, 0.3) is 0 Å². The molecule has 0 bridgehead atoms. The van der Waals surface area contributed by atoms with E-state index < -0.39 is 0 Å². The number of anilines is 1. The lowest BCUT2D eigenvalue weighted by Gasteiger charge is -2.07. The van der Waals surface area contributed by atoms with Crippen LogP contribution in [0.2, 0.25) is 5.02 Å². The number of aromatic nitrogens is 2. The van der Waals surface area contributed by atoms with Crippen LogP contribution in [0, 0.1) is 0 Å². The van der Waals surface area contributed by atoms with Gasteiger partial charge in [-0.1, -0.05) is 23.7 Å². The number of benzene rings is 2. The number of carbonyl (C=O) groups excluding carboxylic acids is 1. The highest BCUT2D eigenvalue weighted by molar-refractivity contribution is 7.98. The molecular formula is C18H14ClN3OS. The minimum atomic E-state index is -0.149. The van der Waals surface area contributed by atoms with Crippen LogP contribution in [-0.4, -0.2) is 15.9 Å². The molecular weight excluding hydrogens is 342 g/mol. The van der Waals surface area contributed by atoms with Gasteiger partial charge in [-0.3, -0.25) is 9.78 Å². The summed E-state index contributed by atoms with van der Waals surface area (Å²) in [4.78, 5) is 20.6. The lowest BCUT2D eigenvalue weighted by atomic mass is 10.1. The van der Waals surface area contributed by atoms with E-state index >= 15 is 0 Å². The molecule has 0 aliphatic carbocycles. The minimum Gasteiger partial charge on any atom is -0.322 e. The Hall–Kier alpha value is -2.37. The largest absolute Gasteiger partial charge is 0.322 e. The molecule has 6 heteroatoms. The Bertz CT molecular complexity index is 825. The van der Waals surface area contributed by atoms with Gasteiger partial charge < -0.3 is 5.32 Å². The van der Waals surface area contributed by atoms with Crippen LogP contribution < -0.4 is 5.32 Å². The predicted octanol–water partition coefficient (Wildman–Crippen LogP) is 4.67. The summed E-state index contributed by atoms with van der Waals surface area (Å²) in [6, 6.07) is 14.6. The van der Waals surface area contributed by atoms with E-state index in [9.17, 15) is 4.79 Å². The van der Waals surface area contributed by atoms with Gasteiger partial charge >= 0.3 is 0 Å². The van der Waals surface area contributed by atoms with Crippen LogP contribution in [0.4, 0.5) is 5.69 Å². The first-order valence-electron chi connectivity index (χ1n) is 7.25. The zero-order valence-electron chi connectivity index (χ0n) is 12.6. The Labute approximate surface area is 149 Å². The summed E-state index contributed by atoms with van der Waals surface area (Å²) in [5.41, 5.74) is 2.38. The summed E-state index contributed by atoms with van der Waals surface area (Å²) in [6.45, 7) is 0. The third-order valence-electron chi connectivity index (χ3n) is 3.22. The van der Waals surface area contributed by atoms with Crippen molar-refractivity contribution in [2.75, 3.05) is 5.32 Å². The van der Waals surface area contributed by atoms with Gasteiger partial charge in [0.15, 0.2) is 0 Å². The molecule has 3 aromatic rings. The van der Waals surface area contributed by atoms with Crippen molar-refractivity contribution in [3.63, 3.8) is 0 Å². The molecule has 0 radical (unpaired) electrons. The van der Waals surface area contributed by atoms with Crippen molar-refractivity contribution in [2.24, 2.45) is 0 Å². The minimum absolute atomic E-state index is 0.149. The van der Waals surface area contributed by atoms with Crippen LogP contribution in [0.15, 0.2) is 72.1 Å². The van der Waals surface area contributed by atoms with Crippen LogP contribution in [0.5, 0.6) is 0 Å². The normalized spacial score (nSPS) is 10.4. The van der Waals surface area contributed by atoms with Crippen LogP contribution in [0.3, 0.4) is 0 Å². The van der Waals surface area contributed by atoms with E-state index in [0.29, 0.717) is 16.3 Å². The Morgan fingerprint density at radius 3 is 2.71 bits per heavy atom. The SMILES string of the molecule is O=C(Nc1ccc(Cl)cc1)c1cccc(CSc2cnccn2)c1. The van der Waals surface area contributed by atoms with Crippen LogP contribution in [0.1, 0.15) is 15.9 Å². The molecule has 120 valence electrons. The Balaban J connectivity index is 1.65. The second-order valence-corrected chi connectivity index (χ2v) is 6.43. The van der Waals surface area contributed by atoms with Crippen molar-refractivity contribution < 1.29 is 4.79 Å². The summed E-state index contributed by atoms with van der Waals surface area (Å²) in [6.07, 6.45) is 5.03. The number of nitrogens with one attached hydrogen (secondary N) is 1. The summed E-state index contributed by atoms with van der Waals surface area (Å²) in [5.74, 6) is 0.574. The summed E-state index contributed by atoms with van der Waals surface area (Å²) < 4.78 is 0. The third kappa shape index (κ3) is 4.57. The number of amides is 1. The first kappa shape index (κ1) is 16.5. The maximum absolute atomic E-state index is 12.4. The Morgan fingerprint density at radius 1 is 1.12 bits per heavy atom. The van der Waals surface area contributed by atoms with Crippen LogP contribution in [-0.2, 0) is 5.75 Å². The van der Waals surface area contributed by atoms with Crippen molar-refractivity contribution >= 4 is 35.0 Å². The summed E-state index contributed by atoms with van der Waals surface area (Å²) >= 11 is 7.43. The molecule has 0 aliphatic heterocycles. The molecule has 4 nitrogen and oxygen atoms in total. The van der Waals surface area contributed by atoms with E-state index in [4.69, 9.17) is 11.6 Å². The zero-order chi connectivity index (χ0) is 16.8. The molecule has 1 aromatic heterocycles. The second-order valence-electron chi connectivity index (χ2n) is 4.99. The van der Waals surface area contributed by atoms with Gasteiger partial charge in [0.2, 0.25) is 0 Å². The Morgan fingerprint density at radius 2 is 1.96 bits per heavy atom. The van der Waals surface area contributed by atoms with E-state index in [0.717, 1.165) is 16.3 Å². The fourth-order valence-corrected chi connectivity index (χ4v) is 2.95. The summed E-state index contributed by atoms with van der Waals surface area (Å²) in [7, 11) is 0. The van der Waals surface area contributed by atoms with Crippen molar-refractivity contribution in [1.82, 2.24) is 9.97 Å². The molecule has 1 heterocycles. The standard InChI is InChI=1S/C18H14ClN3OS/c19-15-4-6-16(7-5-15)22-18(23)14-3-1-2-13(10-14)12-24-17-11-20-8-9-21-17/h1-11H,12H2,(H,22,23). The molecule has 24 heavy (non-hydrogen) atoms. The van der Waals surface area contributed by atoms with Crippen LogP contribution >= 0.6 is 23.4 Å². The molecule has 0 atom stereocenters. The van der Waals surface area contributed by atoms with Gasteiger partial charge in [0.1, 0.15) is 5.03 Å². The average molecular weight is 356 g/mol. The first-order valence-corrected chi connectivity index (χ1v) is 8.62. The number of hydrogen-bond acceptors (Lipinski definition) is 4. The second kappa shape index (κ2) is 7.95. The maximum atomic E-state index is 12.4. The van der Waals surface area contributed by atoms with E-state index in [1.165, 1.54) is 0 Å². The van der Waals surface area contributed by atoms with Gasteiger partial charge in [-0.15, -0.1) is 11.8 Å². The van der Waals surface area contributed by atoms with E-state index in [2.05, 4.69) is 15.3 Å². The zero-order valence-corrected chi connectivity index (χ0v) is 14.2. The summed E-state index contributed by atoms with van der Waals surface area (Å²) in [5, 5.41) is 4.35. The molecule has 0 saturated carbocycles. The molecule has 0 fully saturated rings. The van der Waals surface area contributed by atoms with Gasteiger partial charge in [-0.05, 0) is 42.0 Å². The van der Waals surface area contributed by atoms with Crippen molar-refractivity contribution in [3.05, 3.63) is 83.3 Å². The fourth-order valence-electron chi connectivity index (χ4n) is 2.06. The molecule has 0 saturated heterocycles. The third-order valence-corrected chi connectivity index (χ3v) is 4.45. The Kier molecular flexibility index (Phi) is 5.46. The number of rotatable bonds is 5. The highest BCUT2D eigenvalue weighted by atomic mass is 35.5. The predicted molar refractivity (Wildman–Crippen MR) is 97.4 cm³/mol. The molecule has 2 aromatic carbocycles. The van der Waals surface area contributed by atoms with Gasteiger partial charge in [0.05, 0.1) is 6.20 Å². The first-order chi connectivity index (χ1) is 11.7. The quantitative estimate of drug-likeness (QED) is 0.675. The molecule has 0 spiro atoms. The van der Waals surface area contributed by atoms with Gasteiger partial charge in [-0.25, -0.2) is 4.98 Å². The topological polar surface area (TPSA) is 54.9 Å². The lowest BCUT2D eigenvalue weighted by molar-refractivity contribution is 0.102. The lowest BCUT2D eigenvalue weighted by Crippen LogP contribution is -2.11. The molecule has 1 amide bonds. The number of carbonyl (C=O) groups is 1. The van der Waals surface area contributed by atoms with E-state index in [-0.39, 0.29) is 5.91 Å². The van der Waals surface area contributed by atoms with Gasteiger partial charge in [0.25, 0.3) is 5.91 Å². The van der Waals surface area contributed by atoms with Gasteiger partial charge in [-0.2, -0.15) is 0 Å². The van der Waals surface area contributed by atoms with Gasteiger partial charge in [0, 0.05) is 34.4 Å². The highest BCUT2D eigenvalue weighted by Crippen LogP contribution is 2.21. The monoisotopic (exact) mass is 355 g/mol. The highest BCUT2D eigenvalue weighted by Gasteiger charge is 2.07. The molecule has 1 N–H and O–H groups in total. The number of thioether (sulfide) groups is 1. The van der Waals surface area contributed by atoms with Crippen molar-refractivity contribution in [2.45, 2.75) is 10.8 Å². The molecule has 0 unspecified atom stereocenters. The van der Waals surface area contributed by atoms with E-state index in [1.54, 1.807) is 60.7 Å². The smallest absolute Gasteiger partial charge is 0.255 e. The fraction of sp³-hybridized carbons (Fsp3) is 0.0556. The van der Waals surface area contributed by atoms with E-state index in [1.807, 2.05) is 18.2 Å². The van der Waals surface area contributed by atoms with Crippen molar-refractivity contribution in [3.8, 4) is 0 Å².